The van der Waals surface area contributed by atoms with E-state index in [1.165, 1.54) is 0 Å². The second kappa shape index (κ2) is 3.49. The molecule has 0 aromatic heterocycles. The minimum atomic E-state index is -2.87. The molecule has 84 valence electrons. The molecule has 1 saturated heterocycles. The Morgan fingerprint density at radius 1 is 1.21 bits per heavy atom. The maximum Gasteiger partial charge on any atom is 0.150 e. The quantitative estimate of drug-likeness (QED) is 0.726. The number of aliphatic hydroxyl groups is 1. The highest BCUT2D eigenvalue weighted by molar-refractivity contribution is 7.91. The molecule has 0 saturated carbocycles. The predicted molar refractivity (Wildman–Crippen MR) is 56.9 cm³/mol. The summed E-state index contributed by atoms with van der Waals surface area (Å²) in [7, 11) is -2.87. The van der Waals surface area contributed by atoms with Crippen LogP contribution in [0, 0.1) is 5.41 Å². The Hall–Kier alpha value is -0.0900. The minimum Gasteiger partial charge on any atom is -0.390 e. The lowest BCUT2D eigenvalue weighted by Crippen LogP contribution is -2.41. The van der Waals surface area contributed by atoms with Crippen molar-refractivity contribution in [2.24, 2.45) is 5.41 Å². The van der Waals surface area contributed by atoms with Crippen molar-refractivity contribution in [2.75, 3.05) is 11.5 Å². The van der Waals surface area contributed by atoms with Crippen LogP contribution < -0.4 is 0 Å². The standard InChI is InChI=1S/C10H20O3S/c1-9(2,3)8-10(11)4-6-14(12,13)7-5-10/h11H,4-8H2,1-3H3. The average Bonchev–Trinajstić information content (AvgIpc) is 1.93. The minimum absolute atomic E-state index is 0.0514. The van der Waals surface area contributed by atoms with Gasteiger partial charge in [-0.25, -0.2) is 8.42 Å². The van der Waals surface area contributed by atoms with Gasteiger partial charge < -0.3 is 5.11 Å². The summed E-state index contributed by atoms with van der Waals surface area (Å²) < 4.78 is 22.4. The molecule has 0 spiro atoms. The maximum absolute atomic E-state index is 11.2. The highest BCUT2D eigenvalue weighted by atomic mass is 32.2. The van der Waals surface area contributed by atoms with Crippen LogP contribution in [0.15, 0.2) is 0 Å². The van der Waals surface area contributed by atoms with E-state index in [9.17, 15) is 13.5 Å². The van der Waals surface area contributed by atoms with E-state index in [1.807, 2.05) is 0 Å². The van der Waals surface area contributed by atoms with Crippen molar-refractivity contribution < 1.29 is 13.5 Å². The fourth-order valence-corrected chi connectivity index (χ4v) is 3.67. The Bertz CT molecular complexity index is 284. The van der Waals surface area contributed by atoms with Gasteiger partial charge in [0.25, 0.3) is 0 Å². The second-order valence-electron chi connectivity index (χ2n) is 5.61. The van der Waals surface area contributed by atoms with Crippen LogP contribution in [-0.4, -0.2) is 30.6 Å². The molecule has 1 rings (SSSR count). The van der Waals surface area contributed by atoms with Gasteiger partial charge in [-0.2, -0.15) is 0 Å². The van der Waals surface area contributed by atoms with Gasteiger partial charge >= 0.3 is 0 Å². The monoisotopic (exact) mass is 220 g/mol. The van der Waals surface area contributed by atoms with Crippen LogP contribution in [0.5, 0.6) is 0 Å². The summed E-state index contributed by atoms with van der Waals surface area (Å²) >= 11 is 0. The number of rotatable bonds is 1. The summed E-state index contributed by atoms with van der Waals surface area (Å²) in [5.74, 6) is 0.277. The summed E-state index contributed by atoms with van der Waals surface area (Å²) in [4.78, 5) is 0. The largest absolute Gasteiger partial charge is 0.390 e. The predicted octanol–water partition coefficient (Wildman–Crippen LogP) is 1.36. The van der Waals surface area contributed by atoms with E-state index in [2.05, 4.69) is 20.8 Å². The first kappa shape index (κ1) is 12.0. The zero-order valence-electron chi connectivity index (χ0n) is 9.21. The third-order valence-electron chi connectivity index (χ3n) is 2.62. The molecule has 0 radical (unpaired) electrons. The van der Waals surface area contributed by atoms with E-state index in [0.717, 1.165) is 0 Å². The van der Waals surface area contributed by atoms with E-state index in [4.69, 9.17) is 0 Å². The molecule has 0 aromatic carbocycles. The number of sulfone groups is 1. The van der Waals surface area contributed by atoms with Crippen molar-refractivity contribution >= 4 is 9.84 Å². The smallest absolute Gasteiger partial charge is 0.150 e. The third kappa shape index (κ3) is 3.58. The summed E-state index contributed by atoms with van der Waals surface area (Å²) in [6.07, 6.45) is 1.47. The molecular weight excluding hydrogens is 200 g/mol. The SMILES string of the molecule is CC(C)(C)CC1(O)CCS(=O)(=O)CC1. The molecule has 0 aliphatic carbocycles. The van der Waals surface area contributed by atoms with Crippen molar-refractivity contribution in [1.29, 1.82) is 0 Å². The normalized spacial score (nSPS) is 26.0. The molecule has 4 heteroatoms. The highest BCUT2D eigenvalue weighted by Crippen LogP contribution is 2.35. The van der Waals surface area contributed by atoms with Crippen LogP contribution in [0.2, 0.25) is 0 Å². The topological polar surface area (TPSA) is 54.4 Å². The van der Waals surface area contributed by atoms with E-state index < -0.39 is 15.4 Å². The first-order chi connectivity index (χ1) is 6.12. The summed E-state index contributed by atoms with van der Waals surface area (Å²) in [6, 6.07) is 0. The molecule has 0 atom stereocenters. The van der Waals surface area contributed by atoms with Gasteiger partial charge in [-0.1, -0.05) is 20.8 Å². The van der Waals surface area contributed by atoms with Crippen molar-refractivity contribution in [3.8, 4) is 0 Å². The molecule has 1 fully saturated rings. The number of hydrogen-bond donors (Lipinski definition) is 1. The molecule has 0 aromatic rings. The molecule has 0 bridgehead atoms. The van der Waals surface area contributed by atoms with Crippen LogP contribution in [0.1, 0.15) is 40.0 Å². The van der Waals surface area contributed by atoms with E-state index in [0.29, 0.717) is 19.3 Å². The Balaban J connectivity index is 2.63. The zero-order valence-corrected chi connectivity index (χ0v) is 10.0. The molecule has 0 amide bonds. The molecule has 3 nitrogen and oxygen atoms in total. The maximum atomic E-state index is 11.2. The van der Waals surface area contributed by atoms with Gasteiger partial charge in [-0.05, 0) is 24.7 Å². The molecule has 1 aliphatic heterocycles. The van der Waals surface area contributed by atoms with Crippen molar-refractivity contribution in [3.05, 3.63) is 0 Å². The highest BCUT2D eigenvalue weighted by Gasteiger charge is 2.37. The third-order valence-corrected chi connectivity index (χ3v) is 4.27. The van der Waals surface area contributed by atoms with Gasteiger partial charge in [-0.15, -0.1) is 0 Å². The van der Waals surface area contributed by atoms with Gasteiger partial charge in [0.05, 0.1) is 17.1 Å². The van der Waals surface area contributed by atoms with Gasteiger partial charge in [-0.3, -0.25) is 0 Å². The zero-order chi connectivity index (χ0) is 11.0. The van der Waals surface area contributed by atoms with Crippen molar-refractivity contribution in [1.82, 2.24) is 0 Å². The fourth-order valence-electron chi connectivity index (χ4n) is 2.08. The Kier molecular flexibility index (Phi) is 2.99. The summed E-state index contributed by atoms with van der Waals surface area (Å²) in [5.41, 5.74) is -0.709. The van der Waals surface area contributed by atoms with Crippen molar-refractivity contribution in [2.45, 2.75) is 45.6 Å². The fraction of sp³-hybridized carbons (Fsp3) is 1.00. The van der Waals surface area contributed by atoms with Crippen LogP contribution >= 0.6 is 0 Å². The molecule has 1 heterocycles. The first-order valence-corrected chi connectivity index (χ1v) is 6.87. The lowest BCUT2D eigenvalue weighted by Gasteiger charge is -2.37. The van der Waals surface area contributed by atoms with Gasteiger partial charge in [0.15, 0.2) is 9.84 Å². The Morgan fingerprint density at radius 3 is 2.00 bits per heavy atom. The average molecular weight is 220 g/mol. The van der Waals surface area contributed by atoms with Crippen LogP contribution in [0.25, 0.3) is 0 Å². The summed E-state index contributed by atoms with van der Waals surface area (Å²) in [6.45, 7) is 6.19. The van der Waals surface area contributed by atoms with Crippen LogP contribution in [-0.2, 0) is 9.84 Å². The molecular formula is C10H20O3S. The molecule has 0 unspecified atom stereocenters. The lowest BCUT2D eigenvalue weighted by atomic mass is 9.79. The Morgan fingerprint density at radius 2 is 1.64 bits per heavy atom. The van der Waals surface area contributed by atoms with Gasteiger partial charge in [0, 0.05) is 0 Å². The number of hydrogen-bond acceptors (Lipinski definition) is 3. The van der Waals surface area contributed by atoms with Crippen LogP contribution in [0.4, 0.5) is 0 Å². The van der Waals surface area contributed by atoms with Crippen LogP contribution in [0.3, 0.4) is 0 Å². The van der Waals surface area contributed by atoms with E-state index in [1.54, 1.807) is 0 Å². The first-order valence-electron chi connectivity index (χ1n) is 5.05. The molecule has 1 N–H and O–H groups in total. The molecule has 1 aliphatic rings. The van der Waals surface area contributed by atoms with Gasteiger partial charge in [0.2, 0.25) is 0 Å². The second-order valence-corrected chi connectivity index (χ2v) is 7.92. The van der Waals surface area contributed by atoms with Crippen molar-refractivity contribution in [3.63, 3.8) is 0 Å². The molecule has 14 heavy (non-hydrogen) atoms. The lowest BCUT2D eigenvalue weighted by molar-refractivity contribution is -0.00680. The van der Waals surface area contributed by atoms with E-state index in [-0.39, 0.29) is 16.9 Å². The Labute approximate surface area is 86.4 Å². The van der Waals surface area contributed by atoms with Gasteiger partial charge in [0.1, 0.15) is 0 Å². The summed E-state index contributed by atoms with van der Waals surface area (Å²) in [5, 5.41) is 10.2. The van der Waals surface area contributed by atoms with E-state index >= 15 is 0 Å².